The summed E-state index contributed by atoms with van der Waals surface area (Å²) in [7, 11) is 1.69. The third-order valence-corrected chi connectivity index (χ3v) is 3.92. The Morgan fingerprint density at radius 1 is 1.40 bits per heavy atom. The number of methoxy groups -OCH3 is 1. The molecule has 1 aliphatic rings. The molecule has 3 rings (SSSR count). The van der Waals surface area contributed by atoms with Crippen LogP contribution >= 0.6 is 0 Å². The predicted molar refractivity (Wildman–Crippen MR) is 81.0 cm³/mol. The average Bonchev–Trinajstić information content (AvgIpc) is 3.22. The van der Waals surface area contributed by atoms with Gasteiger partial charge in [-0.1, -0.05) is 6.92 Å². The quantitative estimate of drug-likeness (QED) is 0.927. The van der Waals surface area contributed by atoms with Crippen molar-refractivity contribution in [2.24, 2.45) is 0 Å². The maximum Gasteiger partial charge on any atom is 0.131 e. The van der Waals surface area contributed by atoms with Crippen molar-refractivity contribution in [2.75, 3.05) is 12.8 Å². The largest absolute Gasteiger partial charge is 0.496 e. The number of ether oxygens (including phenoxy) is 1. The van der Waals surface area contributed by atoms with E-state index >= 15 is 0 Å². The number of nitrogens with zero attached hydrogens (tertiary/aromatic N) is 2. The molecule has 1 aliphatic carbocycles. The Kier molecular flexibility index (Phi) is 3.16. The minimum atomic E-state index is 0.561. The predicted octanol–water partition coefficient (Wildman–Crippen LogP) is 3.35. The van der Waals surface area contributed by atoms with Gasteiger partial charge >= 0.3 is 0 Å². The molecular formula is C16H21N3O. The van der Waals surface area contributed by atoms with Crippen molar-refractivity contribution in [1.29, 1.82) is 0 Å². The number of nitrogens with two attached hydrogens (primary N) is 1. The molecule has 0 saturated heterocycles. The second kappa shape index (κ2) is 4.85. The smallest absolute Gasteiger partial charge is 0.131 e. The highest BCUT2D eigenvalue weighted by Gasteiger charge is 2.29. The molecule has 0 bridgehead atoms. The molecule has 0 unspecified atom stereocenters. The molecule has 106 valence electrons. The van der Waals surface area contributed by atoms with E-state index in [0.717, 1.165) is 40.6 Å². The van der Waals surface area contributed by atoms with Crippen molar-refractivity contribution in [3.8, 4) is 17.0 Å². The van der Waals surface area contributed by atoms with Crippen LogP contribution in [0.3, 0.4) is 0 Å². The zero-order valence-electron chi connectivity index (χ0n) is 12.3. The van der Waals surface area contributed by atoms with Gasteiger partial charge in [-0.2, -0.15) is 0 Å². The van der Waals surface area contributed by atoms with E-state index in [-0.39, 0.29) is 0 Å². The maximum absolute atomic E-state index is 6.34. The number of hydrogen-bond donors (Lipinski definition) is 1. The SMILES string of the molecule is CCc1nc(-c2ccc(OC)c(C)c2)c(N)n1C1CC1. The third kappa shape index (κ3) is 2.05. The molecule has 0 atom stereocenters. The molecule has 20 heavy (non-hydrogen) atoms. The lowest BCUT2D eigenvalue weighted by atomic mass is 10.1. The molecule has 1 aromatic heterocycles. The van der Waals surface area contributed by atoms with Crippen molar-refractivity contribution in [1.82, 2.24) is 9.55 Å². The summed E-state index contributed by atoms with van der Waals surface area (Å²) in [5, 5.41) is 0. The minimum absolute atomic E-state index is 0.561. The number of anilines is 1. The summed E-state index contributed by atoms with van der Waals surface area (Å²) in [4.78, 5) is 4.75. The van der Waals surface area contributed by atoms with Gasteiger partial charge in [0, 0.05) is 18.0 Å². The van der Waals surface area contributed by atoms with E-state index in [2.05, 4.69) is 17.6 Å². The van der Waals surface area contributed by atoms with Gasteiger partial charge in [-0.3, -0.25) is 0 Å². The Labute approximate surface area is 119 Å². The molecule has 0 spiro atoms. The number of imidazole rings is 1. The van der Waals surface area contributed by atoms with Crippen molar-refractivity contribution < 1.29 is 4.74 Å². The van der Waals surface area contributed by atoms with Gasteiger partial charge in [-0.25, -0.2) is 4.98 Å². The normalized spacial score (nSPS) is 14.6. The first-order valence-electron chi connectivity index (χ1n) is 7.17. The van der Waals surface area contributed by atoms with Crippen LogP contribution < -0.4 is 10.5 Å². The highest BCUT2D eigenvalue weighted by atomic mass is 16.5. The molecule has 2 aromatic rings. The number of aryl methyl sites for hydroxylation is 2. The Morgan fingerprint density at radius 2 is 2.15 bits per heavy atom. The van der Waals surface area contributed by atoms with Crippen LogP contribution in [0, 0.1) is 6.92 Å². The summed E-state index contributed by atoms with van der Waals surface area (Å²) in [5.41, 5.74) is 9.41. The molecular weight excluding hydrogens is 250 g/mol. The summed E-state index contributed by atoms with van der Waals surface area (Å²) >= 11 is 0. The van der Waals surface area contributed by atoms with Crippen LogP contribution in [0.4, 0.5) is 5.82 Å². The van der Waals surface area contributed by atoms with Crippen LogP contribution in [-0.4, -0.2) is 16.7 Å². The zero-order chi connectivity index (χ0) is 14.3. The van der Waals surface area contributed by atoms with Crippen molar-refractivity contribution >= 4 is 5.82 Å². The Morgan fingerprint density at radius 3 is 2.70 bits per heavy atom. The number of aromatic nitrogens is 2. The summed E-state index contributed by atoms with van der Waals surface area (Å²) in [6.07, 6.45) is 3.35. The zero-order valence-corrected chi connectivity index (χ0v) is 12.3. The fraction of sp³-hybridized carbons (Fsp3) is 0.438. The van der Waals surface area contributed by atoms with Crippen LogP contribution in [0.5, 0.6) is 5.75 Å². The first-order chi connectivity index (χ1) is 9.65. The lowest BCUT2D eigenvalue weighted by Crippen LogP contribution is -2.04. The molecule has 2 N–H and O–H groups in total. The Balaban J connectivity index is 2.08. The maximum atomic E-state index is 6.34. The molecule has 0 amide bonds. The topological polar surface area (TPSA) is 53.1 Å². The van der Waals surface area contributed by atoms with Crippen LogP contribution in [0.2, 0.25) is 0 Å². The van der Waals surface area contributed by atoms with Gasteiger partial charge in [0.2, 0.25) is 0 Å². The second-order valence-corrected chi connectivity index (χ2v) is 5.40. The Hall–Kier alpha value is -1.97. The summed E-state index contributed by atoms with van der Waals surface area (Å²) < 4.78 is 7.52. The van der Waals surface area contributed by atoms with E-state index < -0.39 is 0 Å². The van der Waals surface area contributed by atoms with E-state index in [1.165, 1.54) is 12.8 Å². The lowest BCUT2D eigenvalue weighted by molar-refractivity contribution is 0.412. The third-order valence-electron chi connectivity index (χ3n) is 3.92. The monoisotopic (exact) mass is 271 g/mol. The first-order valence-corrected chi connectivity index (χ1v) is 7.17. The molecule has 0 radical (unpaired) electrons. The lowest BCUT2D eigenvalue weighted by Gasteiger charge is -2.08. The first kappa shape index (κ1) is 13.0. The van der Waals surface area contributed by atoms with Gasteiger partial charge in [0.05, 0.1) is 7.11 Å². The highest BCUT2D eigenvalue weighted by molar-refractivity contribution is 5.72. The van der Waals surface area contributed by atoms with E-state index in [9.17, 15) is 0 Å². The van der Waals surface area contributed by atoms with E-state index in [1.54, 1.807) is 7.11 Å². The molecule has 4 nitrogen and oxygen atoms in total. The van der Waals surface area contributed by atoms with Crippen molar-refractivity contribution in [2.45, 2.75) is 39.2 Å². The van der Waals surface area contributed by atoms with Gasteiger partial charge in [0.15, 0.2) is 0 Å². The van der Waals surface area contributed by atoms with Crippen molar-refractivity contribution in [3.63, 3.8) is 0 Å². The van der Waals surface area contributed by atoms with Crippen LogP contribution in [0.25, 0.3) is 11.3 Å². The molecule has 1 aromatic carbocycles. The molecule has 1 saturated carbocycles. The minimum Gasteiger partial charge on any atom is -0.496 e. The summed E-state index contributed by atoms with van der Waals surface area (Å²) in [6.45, 7) is 4.17. The van der Waals surface area contributed by atoms with Gasteiger partial charge in [0.25, 0.3) is 0 Å². The van der Waals surface area contributed by atoms with Gasteiger partial charge in [-0.15, -0.1) is 0 Å². The van der Waals surface area contributed by atoms with E-state index in [4.69, 9.17) is 15.5 Å². The fourth-order valence-electron chi connectivity index (χ4n) is 2.72. The van der Waals surface area contributed by atoms with Crippen LogP contribution in [0.1, 0.15) is 37.2 Å². The number of benzene rings is 1. The number of hydrogen-bond acceptors (Lipinski definition) is 3. The average molecular weight is 271 g/mol. The second-order valence-electron chi connectivity index (χ2n) is 5.40. The van der Waals surface area contributed by atoms with E-state index in [1.807, 2.05) is 19.1 Å². The number of rotatable bonds is 4. The Bertz CT molecular complexity index is 641. The molecule has 4 heteroatoms. The fourth-order valence-corrected chi connectivity index (χ4v) is 2.72. The number of nitrogen functional groups attached to an aromatic ring is 1. The summed E-state index contributed by atoms with van der Waals surface area (Å²) in [6, 6.07) is 6.66. The van der Waals surface area contributed by atoms with Crippen molar-refractivity contribution in [3.05, 3.63) is 29.6 Å². The van der Waals surface area contributed by atoms with Gasteiger partial charge in [-0.05, 0) is 43.5 Å². The summed E-state index contributed by atoms with van der Waals surface area (Å²) in [5.74, 6) is 2.78. The van der Waals surface area contributed by atoms with Crippen LogP contribution in [0.15, 0.2) is 18.2 Å². The highest BCUT2D eigenvalue weighted by Crippen LogP contribution is 2.41. The standard InChI is InChI=1S/C16H21N3O/c1-4-14-18-15(16(17)19(14)12-6-7-12)11-5-8-13(20-3)10(2)9-11/h5,8-9,12H,4,6-7,17H2,1-3H3. The van der Waals surface area contributed by atoms with Gasteiger partial charge in [0.1, 0.15) is 23.1 Å². The van der Waals surface area contributed by atoms with Gasteiger partial charge < -0.3 is 15.0 Å². The molecule has 0 aliphatic heterocycles. The van der Waals surface area contributed by atoms with Crippen LogP contribution in [-0.2, 0) is 6.42 Å². The van der Waals surface area contributed by atoms with E-state index in [0.29, 0.717) is 6.04 Å². The molecule has 1 heterocycles. The molecule has 1 fully saturated rings.